The van der Waals surface area contributed by atoms with E-state index in [-0.39, 0.29) is 23.0 Å². The molecule has 0 aliphatic carbocycles. The van der Waals surface area contributed by atoms with Crippen molar-refractivity contribution in [3.8, 4) is 0 Å². The quantitative estimate of drug-likeness (QED) is 0.567. The predicted octanol–water partition coefficient (Wildman–Crippen LogP) is 5.76. The monoisotopic (exact) mass is 417 g/mol. The Morgan fingerprint density at radius 1 is 1.06 bits per heavy atom. The molecule has 162 valence electrons. The van der Waals surface area contributed by atoms with Crippen LogP contribution in [0.5, 0.6) is 0 Å². The van der Waals surface area contributed by atoms with E-state index in [0.717, 1.165) is 28.7 Å². The van der Waals surface area contributed by atoms with Crippen molar-refractivity contribution in [2.75, 3.05) is 4.90 Å². The summed E-state index contributed by atoms with van der Waals surface area (Å²) in [6.45, 7) is 13.0. The molecule has 31 heavy (non-hydrogen) atoms. The van der Waals surface area contributed by atoms with Crippen molar-refractivity contribution in [2.45, 2.75) is 59.5 Å². The molecule has 2 aromatic carbocycles. The molecule has 1 aromatic heterocycles. The van der Waals surface area contributed by atoms with Gasteiger partial charge in [0.2, 0.25) is 0 Å². The lowest BCUT2D eigenvalue weighted by atomic mass is 9.82. The fourth-order valence-electron chi connectivity index (χ4n) is 4.63. The minimum absolute atomic E-state index is 0.126. The maximum Gasteiger partial charge on any atom is 0.328 e. The summed E-state index contributed by atoms with van der Waals surface area (Å²) < 4.78 is 0. The number of imidazole rings is 1. The van der Waals surface area contributed by atoms with Gasteiger partial charge in [0.1, 0.15) is 11.9 Å². The van der Waals surface area contributed by atoms with Gasteiger partial charge in [-0.25, -0.2) is 9.78 Å². The zero-order valence-electron chi connectivity index (χ0n) is 19.2. The van der Waals surface area contributed by atoms with Crippen LogP contribution in [0.3, 0.4) is 0 Å². The highest BCUT2D eigenvalue weighted by Crippen LogP contribution is 2.36. The van der Waals surface area contributed by atoms with E-state index >= 15 is 0 Å². The Hall–Kier alpha value is -3.15. The summed E-state index contributed by atoms with van der Waals surface area (Å²) >= 11 is 0. The van der Waals surface area contributed by atoms with Crippen molar-refractivity contribution >= 4 is 28.6 Å². The highest BCUT2D eigenvalue weighted by Gasteiger charge is 2.40. The summed E-state index contributed by atoms with van der Waals surface area (Å²) in [4.78, 5) is 27.5. The first-order valence-electron chi connectivity index (χ1n) is 10.7. The van der Waals surface area contributed by atoms with E-state index in [1.165, 1.54) is 5.56 Å². The zero-order valence-corrected chi connectivity index (χ0v) is 19.2. The Morgan fingerprint density at radius 3 is 2.45 bits per heavy atom. The number of hydrogen-bond acceptors (Lipinski definition) is 3. The molecule has 6 heteroatoms. The molecule has 1 aliphatic rings. The third kappa shape index (κ3) is 4.48. The number of carbonyl (C=O) groups excluding carboxylic acids is 1. The van der Waals surface area contributed by atoms with E-state index in [4.69, 9.17) is 4.99 Å². The van der Waals surface area contributed by atoms with Crippen molar-refractivity contribution in [1.82, 2.24) is 15.3 Å². The maximum absolute atomic E-state index is 13.2. The minimum atomic E-state index is -0.312. The largest absolute Gasteiger partial charge is 0.345 e. The number of nitrogens with zero attached hydrogens (tertiary/aromatic N) is 3. The van der Waals surface area contributed by atoms with Gasteiger partial charge in [-0.05, 0) is 56.4 Å². The third-order valence-corrected chi connectivity index (χ3v) is 5.43. The number of fused-ring (bicyclic) bond motifs is 1. The van der Waals surface area contributed by atoms with Gasteiger partial charge in [0, 0.05) is 5.69 Å². The topological polar surface area (TPSA) is 73.4 Å². The molecule has 0 radical (unpaired) electrons. The molecule has 3 aromatic rings. The molecule has 2 N–H and O–H groups in total. The van der Waals surface area contributed by atoms with Gasteiger partial charge in [-0.15, -0.1) is 0 Å². The number of aryl methyl sites for hydroxylation is 1. The maximum atomic E-state index is 13.2. The lowest BCUT2D eigenvalue weighted by Crippen LogP contribution is -2.31. The average Bonchev–Trinajstić information content (AvgIpc) is 3.23. The zero-order chi connectivity index (χ0) is 22.4. The Balaban J connectivity index is 1.81. The Labute approximate surface area is 183 Å². The van der Waals surface area contributed by atoms with Gasteiger partial charge in [0.15, 0.2) is 0 Å². The number of amidine groups is 1. The van der Waals surface area contributed by atoms with Gasteiger partial charge in [-0.2, -0.15) is 0 Å². The number of H-pyrrole nitrogens is 1. The SMILES string of the molecule is Cc1ccc(C2C(=NC(C)(C)CC(C)(C)C)NC(=O)N2c2ccc3nc[nH]c3c2)cc1. The number of carbonyl (C=O) groups is 1. The third-order valence-electron chi connectivity index (χ3n) is 5.43. The Kier molecular flexibility index (Phi) is 5.12. The number of nitrogens with one attached hydrogen (secondary N) is 2. The molecule has 0 bridgehead atoms. The van der Waals surface area contributed by atoms with Gasteiger partial charge in [0.05, 0.1) is 22.9 Å². The normalized spacial score (nSPS) is 18.8. The molecule has 1 aliphatic heterocycles. The van der Waals surface area contributed by atoms with Crippen molar-refractivity contribution in [2.24, 2.45) is 10.4 Å². The number of anilines is 1. The Morgan fingerprint density at radius 2 is 1.77 bits per heavy atom. The first-order valence-corrected chi connectivity index (χ1v) is 10.7. The van der Waals surface area contributed by atoms with Gasteiger partial charge in [-0.3, -0.25) is 15.2 Å². The van der Waals surface area contributed by atoms with E-state index in [2.05, 4.69) is 81.1 Å². The van der Waals surface area contributed by atoms with Crippen LogP contribution in [0.15, 0.2) is 53.8 Å². The number of hydrogen-bond donors (Lipinski definition) is 2. The summed E-state index contributed by atoms with van der Waals surface area (Å²) in [5.74, 6) is 0.688. The molecular weight excluding hydrogens is 386 g/mol. The lowest BCUT2D eigenvalue weighted by Gasteiger charge is -2.30. The van der Waals surface area contributed by atoms with Gasteiger partial charge in [-0.1, -0.05) is 50.6 Å². The van der Waals surface area contributed by atoms with Gasteiger partial charge >= 0.3 is 6.03 Å². The fraction of sp³-hybridized carbons (Fsp3) is 0.400. The number of rotatable bonds is 4. The van der Waals surface area contributed by atoms with Crippen molar-refractivity contribution in [3.05, 3.63) is 59.9 Å². The first-order chi connectivity index (χ1) is 14.5. The predicted molar refractivity (Wildman–Crippen MR) is 127 cm³/mol. The minimum Gasteiger partial charge on any atom is -0.345 e. The van der Waals surface area contributed by atoms with Crippen molar-refractivity contribution in [1.29, 1.82) is 0 Å². The van der Waals surface area contributed by atoms with Crippen LogP contribution < -0.4 is 10.2 Å². The molecule has 0 saturated carbocycles. The summed E-state index contributed by atoms with van der Waals surface area (Å²) in [5, 5.41) is 3.06. The number of amides is 2. The summed E-state index contributed by atoms with van der Waals surface area (Å²) in [6, 6.07) is 13.7. The van der Waals surface area contributed by atoms with Crippen LogP contribution >= 0.6 is 0 Å². The van der Waals surface area contributed by atoms with Gasteiger partial charge < -0.3 is 4.98 Å². The first kappa shape index (κ1) is 21.1. The van der Waals surface area contributed by atoms with Crippen molar-refractivity contribution < 1.29 is 4.79 Å². The van der Waals surface area contributed by atoms with E-state index in [9.17, 15) is 4.79 Å². The average molecular weight is 418 g/mol. The van der Waals surface area contributed by atoms with Crippen LogP contribution in [-0.4, -0.2) is 27.4 Å². The van der Waals surface area contributed by atoms with Crippen LogP contribution in [-0.2, 0) is 0 Å². The fourth-order valence-corrected chi connectivity index (χ4v) is 4.63. The molecule has 2 heterocycles. The number of aliphatic imine (C=N–C) groups is 1. The standard InChI is InChI=1S/C25H31N5O/c1-16-7-9-17(10-8-16)21-22(29-25(5,6)14-24(2,3)4)28-23(31)30(21)18-11-12-19-20(13-18)27-15-26-19/h7-13,15,21H,14H2,1-6H3,(H,26,27)(H,28,29,31). The number of aromatic nitrogens is 2. The lowest BCUT2D eigenvalue weighted by molar-refractivity contribution is 0.252. The number of aromatic amines is 1. The molecule has 4 rings (SSSR count). The number of urea groups is 1. The van der Waals surface area contributed by atoms with E-state index < -0.39 is 0 Å². The molecule has 1 unspecified atom stereocenters. The highest BCUT2D eigenvalue weighted by molar-refractivity contribution is 6.17. The van der Waals surface area contributed by atoms with Crippen LogP contribution in [0.2, 0.25) is 0 Å². The summed E-state index contributed by atoms with van der Waals surface area (Å²) in [5.41, 5.74) is 4.59. The van der Waals surface area contributed by atoms with Crippen LogP contribution in [0.4, 0.5) is 10.5 Å². The molecule has 1 atom stereocenters. The molecule has 0 spiro atoms. The van der Waals surface area contributed by atoms with E-state index in [0.29, 0.717) is 5.84 Å². The second-order valence-electron chi connectivity index (χ2n) is 10.3. The Bertz CT molecular complexity index is 1130. The highest BCUT2D eigenvalue weighted by atomic mass is 16.2. The summed E-state index contributed by atoms with van der Waals surface area (Å²) in [7, 11) is 0. The summed E-state index contributed by atoms with van der Waals surface area (Å²) in [6.07, 6.45) is 2.57. The van der Waals surface area contributed by atoms with E-state index in [1.807, 2.05) is 18.2 Å². The van der Waals surface area contributed by atoms with Crippen LogP contribution in [0.1, 0.15) is 58.2 Å². The molecular formula is C25H31N5O. The van der Waals surface area contributed by atoms with Crippen LogP contribution in [0.25, 0.3) is 11.0 Å². The smallest absolute Gasteiger partial charge is 0.328 e. The van der Waals surface area contributed by atoms with Crippen molar-refractivity contribution in [3.63, 3.8) is 0 Å². The van der Waals surface area contributed by atoms with Gasteiger partial charge in [0.25, 0.3) is 0 Å². The number of benzene rings is 2. The molecule has 6 nitrogen and oxygen atoms in total. The van der Waals surface area contributed by atoms with Crippen LogP contribution in [0, 0.1) is 12.3 Å². The molecule has 1 saturated heterocycles. The molecule has 2 amide bonds. The van der Waals surface area contributed by atoms with E-state index in [1.54, 1.807) is 11.2 Å². The second kappa shape index (κ2) is 7.52. The second-order valence-corrected chi connectivity index (χ2v) is 10.3. The molecule has 1 fully saturated rings.